The number of aromatic nitrogens is 1. The van der Waals surface area contributed by atoms with Crippen LogP contribution in [0.2, 0.25) is 0 Å². The summed E-state index contributed by atoms with van der Waals surface area (Å²) in [7, 11) is 3.91. The summed E-state index contributed by atoms with van der Waals surface area (Å²) in [5.74, 6) is -0.399. The third-order valence-electron chi connectivity index (χ3n) is 4.81. The van der Waals surface area contributed by atoms with Crippen LogP contribution in [0.4, 0.5) is 14.5 Å². The number of pyridine rings is 1. The lowest BCUT2D eigenvalue weighted by Crippen LogP contribution is -2.20. The van der Waals surface area contributed by atoms with Gasteiger partial charge in [0.25, 0.3) is 0 Å². The number of carboxylic acid groups (broad SMARTS) is 1. The smallest absolute Gasteiger partial charge is 0.341 e. The third-order valence-corrected chi connectivity index (χ3v) is 5.79. The number of thioether (sulfide) groups is 1. The maximum absolute atomic E-state index is 15.1. The first-order chi connectivity index (χ1) is 15.2. The Bertz CT molecular complexity index is 1190. The molecule has 3 aromatic rings. The number of nitrogens with zero attached hydrogens (tertiary/aromatic N) is 2. The molecule has 0 unspecified atom stereocenters. The molecule has 0 saturated heterocycles. The molecule has 2 aromatic heterocycles. The normalized spacial score (nSPS) is 11.4. The third kappa shape index (κ3) is 5.13. The maximum atomic E-state index is 15.1. The van der Waals surface area contributed by atoms with Gasteiger partial charge in [0.1, 0.15) is 28.6 Å². The molecule has 10 heteroatoms. The number of furan rings is 1. The Labute approximate surface area is 188 Å². The number of halogens is 2. The predicted molar refractivity (Wildman–Crippen MR) is 122 cm³/mol. The van der Waals surface area contributed by atoms with Crippen molar-refractivity contribution in [2.24, 2.45) is 0 Å². The number of carbonyl (C=O) groups is 1. The summed E-state index contributed by atoms with van der Waals surface area (Å²) in [4.78, 5) is 25.7. The topological polar surface area (TPSA) is 87.7 Å². The monoisotopic (exact) mass is 465 g/mol. The summed E-state index contributed by atoms with van der Waals surface area (Å²) in [5.41, 5.74) is -1.90. The summed E-state index contributed by atoms with van der Waals surface area (Å²) in [6.07, 6.45) is 1.08. The van der Waals surface area contributed by atoms with Crippen molar-refractivity contribution in [3.63, 3.8) is 0 Å². The van der Waals surface area contributed by atoms with Crippen LogP contribution in [0.5, 0.6) is 0 Å². The molecule has 2 heterocycles. The molecule has 0 aliphatic rings. The van der Waals surface area contributed by atoms with E-state index in [0.29, 0.717) is 24.6 Å². The highest BCUT2D eigenvalue weighted by Gasteiger charge is 2.21. The van der Waals surface area contributed by atoms with Crippen molar-refractivity contribution in [2.45, 2.75) is 25.8 Å². The van der Waals surface area contributed by atoms with Gasteiger partial charge in [-0.25, -0.2) is 13.6 Å². The fourth-order valence-electron chi connectivity index (χ4n) is 3.37. The van der Waals surface area contributed by atoms with Crippen molar-refractivity contribution in [1.82, 2.24) is 9.47 Å². The second-order valence-electron chi connectivity index (χ2n) is 7.49. The zero-order valence-corrected chi connectivity index (χ0v) is 18.9. The highest BCUT2D eigenvalue weighted by molar-refractivity contribution is 7.98. The van der Waals surface area contributed by atoms with Gasteiger partial charge in [-0.2, -0.15) is 11.8 Å². The second-order valence-corrected chi connectivity index (χ2v) is 8.60. The summed E-state index contributed by atoms with van der Waals surface area (Å²) in [6.45, 7) is 2.90. The lowest BCUT2D eigenvalue weighted by molar-refractivity contribution is 0.0694. The summed E-state index contributed by atoms with van der Waals surface area (Å²) in [5, 5.41) is 11.7. The molecule has 2 N–H and O–H groups in total. The largest absolute Gasteiger partial charge is 0.477 e. The Hall–Kier alpha value is -2.85. The minimum absolute atomic E-state index is 0.122. The van der Waals surface area contributed by atoms with Crippen LogP contribution >= 0.6 is 11.8 Å². The van der Waals surface area contributed by atoms with E-state index in [0.717, 1.165) is 23.8 Å². The van der Waals surface area contributed by atoms with Gasteiger partial charge in [0, 0.05) is 25.0 Å². The molecule has 0 aliphatic heterocycles. The van der Waals surface area contributed by atoms with Crippen LogP contribution in [0.25, 0.3) is 10.9 Å². The zero-order chi connectivity index (χ0) is 23.4. The van der Waals surface area contributed by atoms with Crippen LogP contribution in [0.1, 0.15) is 28.8 Å². The lowest BCUT2D eigenvalue weighted by atomic mass is 10.1. The molecule has 3 rings (SSSR count). The molecule has 1 aromatic carbocycles. The Morgan fingerprint density at radius 3 is 2.66 bits per heavy atom. The average Bonchev–Trinajstić information content (AvgIpc) is 3.16. The molecule has 32 heavy (non-hydrogen) atoms. The van der Waals surface area contributed by atoms with E-state index in [1.54, 1.807) is 18.7 Å². The standard InChI is InChI=1S/C22H25F2N3O4S/c1-4-27-11-16(22(29)30)21(28)15-9-17(23)19(18(24)20(15)27)25-7-8-32-12-14-6-5-13(31-14)10-26(2)3/h5-6,9,11,25H,4,7-8,10,12H2,1-3H3,(H,29,30). The molecule has 0 atom stereocenters. The van der Waals surface area contributed by atoms with E-state index in [1.165, 1.54) is 4.57 Å². The molecular weight excluding hydrogens is 440 g/mol. The average molecular weight is 466 g/mol. The summed E-state index contributed by atoms with van der Waals surface area (Å²) in [6, 6.07) is 4.73. The number of hydrogen-bond donors (Lipinski definition) is 2. The Kier molecular flexibility index (Phi) is 7.57. The Morgan fingerprint density at radius 2 is 2.00 bits per heavy atom. The molecule has 0 saturated carbocycles. The van der Waals surface area contributed by atoms with Gasteiger partial charge >= 0.3 is 5.97 Å². The van der Waals surface area contributed by atoms with Gasteiger partial charge in [0.05, 0.1) is 23.2 Å². The van der Waals surface area contributed by atoms with Crippen molar-refractivity contribution in [3.05, 3.63) is 63.3 Å². The number of anilines is 1. The quantitative estimate of drug-likeness (QED) is 0.438. The number of carboxylic acids is 1. The van der Waals surface area contributed by atoms with E-state index in [4.69, 9.17) is 4.42 Å². The van der Waals surface area contributed by atoms with Crippen molar-refractivity contribution >= 4 is 34.3 Å². The van der Waals surface area contributed by atoms with Gasteiger partial charge in [-0.1, -0.05) is 0 Å². The number of aryl methyl sites for hydroxylation is 1. The number of rotatable bonds is 10. The first-order valence-corrected chi connectivity index (χ1v) is 11.2. The minimum Gasteiger partial charge on any atom is -0.477 e. The van der Waals surface area contributed by atoms with Crippen LogP contribution < -0.4 is 10.7 Å². The summed E-state index contributed by atoms with van der Waals surface area (Å²) >= 11 is 1.55. The fraction of sp³-hybridized carbons (Fsp3) is 0.364. The van der Waals surface area contributed by atoms with Crippen LogP contribution in [0.15, 0.2) is 33.6 Å². The Morgan fingerprint density at radius 1 is 1.28 bits per heavy atom. The van der Waals surface area contributed by atoms with Crippen molar-refractivity contribution in [3.8, 4) is 0 Å². The molecule has 0 radical (unpaired) electrons. The number of hydrogen-bond acceptors (Lipinski definition) is 6. The highest BCUT2D eigenvalue weighted by Crippen LogP contribution is 2.27. The molecule has 7 nitrogen and oxygen atoms in total. The van der Waals surface area contributed by atoms with Crippen molar-refractivity contribution < 1.29 is 23.1 Å². The molecule has 0 bridgehead atoms. The van der Waals surface area contributed by atoms with Gasteiger partial charge in [-0.05, 0) is 39.2 Å². The summed E-state index contributed by atoms with van der Waals surface area (Å²) < 4.78 is 36.8. The van der Waals surface area contributed by atoms with Crippen LogP contribution in [0.3, 0.4) is 0 Å². The first kappa shape index (κ1) is 23.8. The minimum atomic E-state index is -1.44. The van der Waals surface area contributed by atoms with Crippen LogP contribution in [-0.2, 0) is 18.8 Å². The molecule has 172 valence electrons. The molecule has 0 spiro atoms. The maximum Gasteiger partial charge on any atom is 0.341 e. The van der Waals surface area contributed by atoms with Gasteiger partial charge in [0.2, 0.25) is 5.43 Å². The van der Waals surface area contributed by atoms with Gasteiger partial charge in [-0.3, -0.25) is 4.79 Å². The van der Waals surface area contributed by atoms with E-state index in [1.807, 2.05) is 31.1 Å². The molecule has 0 amide bonds. The highest BCUT2D eigenvalue weighted by atomic mass is 32.2. The molecule has 0 fully saturated rings. The lowest BCUT2D eigenvalue weighted by Gasteiger charge is -2.15. The number of fused-ring (bicyclic) bond motifs is 1. The van der Waals surface area contributed by atoms with Crippen LogP contribution in [0, 0.1) is 11.6 Å². The zero-order valence-electron chi connectivity index (χ0n) is 18.1. The van der Waals surface area contributed by atoms with E-state index < -0.39 is 28.6 Å². The number of nitrogens with one attached hydrogen (secondary N) is 1. The van der Waals surface area contributed by atoms with Gasteiger partial charge < -0.3 is 24.3 Å². The van der Waals surface area contributed by atoms with E-state index in [2.05, 4.69) is 5.32 Å². The molecular formula is C22H25F2N3O4S. The number of benzene rings is 1. The SMILES string of the molecule is CCn1cc(C(=O)O)c(=O)c2cc(F)c(NCCSCc3ccc(CN(C)C)o3)c(F)c21. The molecule has 0 aliphatic carbocycles. The first-order valence-electron chi connectivity index (χ1n) is 10.0. The van der Waals surface area contributed by atoms with Crippen molar-refractivity contribution in [2.75, 3.05) is 31.7 Å². The number of aromatic carboxylic acids is 1. The predicted octanol–water partition coefficient (Wildman–Crippen LogP) is 4.00. The van der Waals surface area contributed by atoms with Gasteiger partial charge in [-0.15, -0.1) is 0 Å². The van der Waals surface area contributed by atoms with Crippen molar-refractivity contribution in [1.29, 1.82) is 0 Å². The van der Waals surface area contributed by atoms with E-state index >= 15 is 4.39 Å². The van der Waals surface area contributed by atoms with Crippen LogP contribution in [-0.4, -0.2) is 46.9 Å². The second kappa shape index (κ2) is 10.2. The Balaban J connectivity index is 1.71. The van der Waals surface area contributed by atoms with E-state index in [-0.39, 0.29) is 23.1 Å². The van der Waals surface area contributed by atoms with E-state index in [9.17, 15) is 19.1 Å². The fourth-order valence-corrected chi connectivity index (χ4v) is 4.12. The van der Waals surface area contributed by atoms with Gasteiger partial charge in [0.15, 0.2) is 5.82 Å².